The van der Waals surface area contributed by atoms with Gasteiger partial charge >= 0.3 is 5.97 Å². The minimum atomic E-state index is -0.540. The zero-order valence-corrected chi connectivity index (χ0v) is 26.4. The lowest BCUT2D eigenvalue weighted by atomic mass is 9.75. The van der Waals surface area contributed by atoms with Gasteiger partial charge < -0.3 is 19.7 Å². The number of amides is 2. The molecule has 11 heteroatoms. The monoisotopic (exact) mass is 592 g/mol. The fraction of sp³-hybridized carbons (Fsp3) is 0.903. The van der Waals surface area contributed by atoms with Gasteiger partial charge in [0.15, 0.2) is 0 Å². The zero-order chi connectivity index (χ0) is 30.1. The van der Waals surface area contributed by atoms with Crippen molar-refractivity contribution in [1.82, 2.24) is 31.1 Å². The maximum atomic E-state index is 12.6. The highest BCUT2D eigenvalue weighted by Gasteiger charge is 2.34. The van der Waals surface area contributed by atoms with Gasteiger partial charge in [0.2, 0.25) is 11.8 Å². The fourth-order valence-electron chi connectivity index (χ4n) is 6.93. The Morgan fingerprint density at radius 2 is 1.50 bits per heavy atom. The second-order valence-corrected chi connectivity index (χ2v) is 13.8. The highest BCUT2D eigenvalue weighted by Crippen LogP contribution is 2.34. The number of piperazine rings is 1. The fourth-order valence-corrected chi connectivity index (χ4v) is 6.93. The number of nitrogens with zero attached hydrogens (tertiary/aromatic N) is 2. The Hall–Kier alpha value is -1.79. The molecule has 4 aliphatic rings. The van der Waals surface area contributed by atoms with Crippen LogP contribution in [0.15, 0.2) is 0 Å². The highest BCUT2D eigenvalue weighted by atomic mass is 16.6. The van der Waals surface area contributed by atoms with Crippen molar-refractivity contribution >= 4 is 17.8 Å². The molecule has 4 rings (SSSR count). The van der Waals surface area contributed by atoms with Crippen molar-refractivity contribution in [3.63, 3.8) is 0 Å². The van der Waals surface area contributed by atoms with Gasteiger partial charge in [0.1, 0.15) is 18.4 Å². The molecular formula is C31H56N6O5. The molecule has 0 aromatic rings. The number of carbonyl (C=O) groups is 3. The summed E-state index contributed by atoms with van der Waals surface area (Å²) in [5.41, 5.74) is -0.540. The van der Waals surface area contributed by atoms with E-state index in [1.807, 2.05) is 25.7 Å². The predicted octanol–water partition coefficient (Wildman–Crippen LogP) is 1.42. The number of esters is 1. The number of nitrogens with one attached hydrogen (secondary N) is 4. The number of ether oxygens (including phenoxy) is 2. The molecule has 42 heavy (non-hydrogen) atoms. The SMILES string of the molecule is CC(=O)N1CCN(CCOC2CCC(NC3NCC(C4CCC(C(=O)NCC(=O)OC(C)(C)C)CC4)CN3)CC2)CC1. The Bertz CT molecular complexity index is 866. The molecule has 0 spiro atoms. The van der Waals surface area contributed by atoms with Crippen LogP contribution in [-0.4, -0.2) is 111 Å². The highest BCUT2D eigenvalue weighted by molar-refractivity contribution is 5.83. The van der Waals surface area contributed by atoms with Crippen molar-refractivity contribution in [3.8, 4) is 0 Å². The van der Waals surface area contributed by atoms with Gasteiger partial charge in [-0.15, -0.1) is 0 Å². The van der Waals surface area contributed by atoms with Crippen LogP contribution in [0, 0.1) is 17.8 Å². The molecule has 2 heterocycles. The van der Waals surface area contributed by atoms with E-state index in [1.165, 1.54) is 0 Å². The molecule has 2 amide bonds. The van der Waals surface area contributed by atoms with Gasteiger partial charge in [0, 0.05) is 64.7 Å². The maximum Gasteiger partial charge on any atom is 0.325 e. The lowest BCUT2D eigenvalue weighted by Crippen LogP contribution is -2.63. The summed E-state index contributed by atoms with van der Waals surface area (Å²) in [6.07, 6.45) is 8.82. The average Bonchev–Trinajstić information content (AvgIpc) is 2.97. The van der Waals surface area contributed by atoms with E-state index in [2.05, 4.69) is 26.2 Å². The summed E-state index contributed by atoms with van der Waals surface area (Å²) in [5, 5.41) is 13.9. The zero-order valence-electron chi connectivity index (χ0n) is 26.4. The first kappa shape index (κ1) is 33.1. The van der Waals surface area contributed by atoms with E-state index < -0.39 is 5.60 Å². The molecule has 0 bridgehead atoms. The first-order valence-electron chi connectivity index (χ1n) is 16.4. The van der Waals surface area contributed by atoms with E-state index in [0.717, 1.165) is 104 Å². The van der Waals surface area contributed by atoms with Gasteiger partial charge in [-0.3, -0.25) is 35.2 Å². The molecule has 4 N–H and O–H groups in total. The van der Waals surface area contributed by atoms with E-state index in [-0.39, 0.29) is 36.5 Å². The van der Waals surface area contributed by atoms with Gasteiger partial charge in [0.05, 0.1) is 12.7 Å². The molecule has 0 aromatic heterocycles. The van der Waals surface area contributed by atoms with Crippen LogP contribution in [0.5, 0.6) is 0 Å². The van der Waals surface area contributed by atoms with Crippen LogP contribution >= 0.6 is 0 Å². The Morgan fingerprint density at radius 1 is 0.857 bits per heavy atom. The lowest BCUT2D eigenvalue weighted by Gasteiger charge is -2.40. The molecule has 0 aromatic carbocycles. The Kier molecular flexibility index (Phi) is 12.4. The van der Waals surface area contributed by atoms with Crippen molar-refractivity contribution in [1.29, 1.82) is 0 Å². The molecule has 0 radical (unpaired) electrons. The normalized spacial score (nSPS) is 31.4. The predicted molar refractivity (Wildman–Crippen MR) is 161 cm³/mol. The largest absolute Gasteiger partial charge is 0.459 e. The lowest BCUT2D eigenvalue weighted by molar-refractivity contribution is -0.154. The Labute approximate surface area is 252 Å². The van der Waals surface area contributed by atoms with Gasteiger partial charge in [-0.05, 0) is 84.0 Å². The van der Waals surface area contributed by atoms with Crippen molar-refractivity contribution in [2.45, 2.75) is 103 Å². The van der Waals surface area contributed by atoms with Gasteiger partial charge in [-0.1, -0.05) is 0 Å². The van der Waals surface area contributed by atoms with Crippen molar-refractivity contribution in [3.05, 3.63) is 0 Å². The third-order valence-electron chi connectivity index (χ3n) is 9.46. The number of hydrogen-bond acceptors (Lipinski definition) is 9. The summed E-state index contributed by atoms with van der Waals surface area (Å²) in [6, 6.07) is 0.501. The quantitative estimate of drug-likeness (QED) is 0.279. The first-order valence-corrected chi connectivity index (χ1v) is 16.4. The average molecular weight is 593 g/mol. The number of rotatable bonds is 10. The molecule has 2 aliphatic carbocycles. The van der Waals surface area contributed by atoms with E-state index in [1.54, 1.807) is 6.92 Å². The molecule has 240 valence electrons. The summed E-state index contributed by atoms with van der Waals surface area (Å²) in [4.78, 5) is 40.3. The van der Waals surface area contributed by atoms with E-state index in [4.69, 9.17) is 9.47 Å². The summed E-state index contributed by atoms with van der Waals surface area (Å²) >= 11 is 0. The molecule has 2 aliphatic heterocycles. The molecule has 0 atom stereocenters. The van der Waals surface area contributed by atoms with Crippen LogP contribution in [-0.2, 0) is 23.9 Å². The van der Waals surface area contributed by atoms with Gasteiger partial charge in [-0.25, -0.2) is 0 Å². The summed E-state index contributed by atoms with van der Waals surface area (Å²) < 4.78 is 11.5. The first-order chi connectivity index (χ1) is 20.1. The van der Waals surface area contributed by atoms with Crippen LogP contribution in [0.3, 0.4) is 0 Å². The van der Waals surface area contributed by atoms with E-state index >= 15 is 0 Å². The van der Waals surface area contributed by atoms with Gasteiger partial charge in [-0.2, -0.15) is 0 Å². The standard InChI is InChI=1S/C31H56N6O5/c1-22(38)37-15-13-36(14-16-37)17-18-41-27-11-9-26(10-12-27)35-30-33-19-25(20-34-30)23-5-7-24(8-6-23)29(40)32-21-28(39)42-31(2,3)4/h23-27,30,33-35H,5-21H2,1-4H3,(H,32,40). The third-order valence-corrected chi connectivity index (χ3v) is 9.46. The Balaban J connectivity index is 1.03. The second-order valence-electron chi connectivity index (χ2n) is 13.8. The Morgan fingerprint density at radius 3 is 2.10 bits per heavy atom. The van der Waals surface area contributed by atoms with Crippen LogP contribution in [0.1, 0.15) is 79.1 Å². The minimum absolute atomic E-state index is 0.00909. The van der Waals surface area contributed by atoms with Crippen LogP contribution in [0.25, 0.3) is 0 Å². The maximum absolute atomic E-state index is 12.6. The number of carbonyl (C=O) groups excluding carboxylic acids is 3. The van der Waals surface area contributed by atoms with Crippen LogP contribution < -0.4 is 21.3 Å². The summed E-state index contributed by atoms with van der Waals surface area (Å²) in [5.74, 6) is 0.948. The van der Waals surface area contributed by atoms with Gasteiger partial charge in [0.25, 0.3) is 0 Å². The topological polar surface area (TPSA) is 124 Å². The minimum Gasteiger partial charge on any atom is -0.459 e. The molecule has 11 nitrogen and oxygen atoms in total. The second kappa shape index (κ2) is 15.8. The van der Waals surface area contributed by atoms with Crippen LogP contribution in [0.4, 0.5) is 0 Å². The van der Waals surface area contributed by atoms with E-state index in [9.17, 15) is 14.4 Å². The molecule has 0 unspecified atom stereocenters. The third kappa shape index (κ3) is 10.7. The molecule has 2 saturated heterocycles. The molecular weight excluding hydrogens is 536 g/mol. The molecule has 2 saturated carbocycles. The van der Waals surface area contributed by atoms with Crippen molar-refractivity contribution in [2.24, 2.45) is 17.8 Å². The molecule has 4 fully saturated rings. The van der Waals surface area contributed by atoms with Crippen molar-refractivity contribution < 1.29 is 23.9 Å². The summed E-state index contributed by atoms with van der Waals surface area (Å²) in [7, 11) is 0. The van der Waals surface area contributed by atoms with E-state index in [0.29, 0.717) is 24.0 Å². The van der Waals surface area contributed by atoms with Crippen molar-refractivity contribution in [2.75, 3.05) is 59.0 Å². The smallest absolute Gasteiger partial charge is 0.325 e. The summed E-state index contributed by atoms with van der Waals surface area (Å²) in [6.45, 7) is 14.3. The number of hydrogen-bond donors (Lipinski definition) is 4. The van der Waals surface area contributed by atoms with Crippen LogP contribution in [0.2, 0.25) is 0 Å².